The Morgan fingerprint density at radius 2 is 0.679 bits per heavy atom. The molecular formula is C51H104N4O. The summed E-state index contributed by atoms with van der Waals surface area (Å²) in [4.78, 5) is 24.3. The van der Waals surface area contributed by atoms with Crippen LogP contribution in [0.1, 0.15) is 247 Å². The second-order valence-electron chi connectivity index (χ2n) is 18.4. The summed E-state index contributed by atoms with van der Waals surface area (Å²) in [6.07, 6.45) is 44.8. The monoisotopic (exact) mass is 789 g/mol. The van der Waals surface area contributed by atoms with Gasteiger partial charge < -0.3 is 14.7 Å². The Kier molecular flexibility index (Phi) is 39.2. The van der Waals surface area contributed by atoms with E-state index in [0.717, 1.165) is 38.6 Å². The maximum atomic E-state index is 13.9. The van der Waals surface area contributed by atoms with Crippen molar-refractivity contribution >= 4 is 5.91 Å². The fourth-order valence-corrected chi connectivity index (χ4v) is 8.90. The zero-order valence-electron chi connectivity index (χ0n) is 39.4. The second kappa shape index (κ2) is 41.1. The normalized spacial score (nSPS) is 14.0. The molecule has 5 nitrogen and oxygen atoms in total. The van der Waals surface area contributed by atoms with Crippen LogP contribution in [0, 0.1) is 5.92 Å². The van der Waals surface area contributed by atoms with Gasteiger partial charge in [-0.2, -0.15) is 0 Å². The summed E-state index contributed by atoms with van der Waals surface area (Å²) in [5, 5.41) is 0. The molecule has 1 fully saturated rings. The summed E-state index contributed by atoms with van der Waals surface area (Å²) in [7, 11) is 0. The molecule has 56 heavy (non-hydrogen) atoms. The molecule has 0 unspecified atom stereocenters. The Hall–Kier alpha value is -0.650. The first-order valence-corrected chi connectivity index (χ1v) is 26.0. The van der Waals surface area contributed by atoms with Crippen molar-refractivity contribution in [3.05, 3.63) is 0 Å². The lowest BCUT2D eigenvalue weighted by atomic mass is 9.93. The van der Waals surface area contributed by atoms with E-state index in [1.165, 1.54) is 245 Å². The maximum absolute atomic E-state index is 13.9. The molecule has 0 saturated carbocycles. The van der Waals surface area contributed by atoms with Crippen molar-refractivity contribution in [3.8, 4) is 0 Å². The van der Waals surface area contributed by atoms with Gasteiger partial charge in [0.1, 0.15) is 0 Å². The predicted molar refractivity (Wildman–Crippen MR) is 250 cm³/mol. The van der Waals surface area contributed by atoms with Gasteiger partial charge in [-0.1, -0.05) is 195 Å². The number of carbonyl (C=O) groups is 1. The molecule has 0 aliphatic carbocycles. The Morgan fingerprint density at radius 1 is 0.375 bits per heavy atom. The molecule has 1 aliphatic heterocycles. The highest BCUT2D eigenvalue weighted by molar-refractivity contribution is 5.78. The largest absolute Gasteiger partial charge is 0.342 e. The van der Waals surface area contributed by atoms with E-state index in [1.807, 2.05) is 0 Å². The topological polar surface area (TPSA) is 30.0 Å². The van der Waals surface area contributed by atoms with Crippen molar-refractivity contribution in [2.75, 3.05) is 72.0 Å². The molecule has 0 atom stereocenters. The van der Waals surface area contributed by atoms with Crippen molar-refractivity contribution in [2.45, 2.75) is 247 Å². The van der Waals surface area contributed by atoms with Gasteiger partial charge in [-0.3, -0.25) is 9.69 Å². The van der Waals surface area contributed by atoms with E-state index >= 15 is 0 Å². The summed E-state index contributed by atoms with van der Waals surface area (Å²) >= 11 is 0. The van der Waals surface area contributed by atoms with Crippen LogP contribution in [0.3, 0.4) is 0 Å². The minimum Gasteiger partial charge on any atom is -0.342 e. The van der Waals surface area contributed by atoms with Crippen molar-refractivity contribution in [1.82, 2.24) is 19.6 Å². The van der Waals surface area contributed by atoms with Gasteiger partial charge in [-0.05, 0) is 96.6 Å². The third-order valence-corrected chi connectivity index (χ3v) is 13.1. The predicted octanol–water partition coefficient (Wildman–Crippen LogP) is 14.3. The number of piperidine rings is 1. The van der Waals surface area contributed by atoms with Crippen LogP contribution in [0.25, 0.3) is 0 Å². The molecule has 5 heteroatoms. The molecule has 0 bridgehead atoms. The van der Waals surface area contributed by atoms with Gasteiger partial charge in [0, 0.05) is 26.2 Å². The molecular weight excluding hydrogens is 685 g/mol. The standard InChI is InChI=1S/C51H104N4O/c1-6-11-16-20-24-28-32-40-52(39-15-10-5)44-36-50-37-45-55(46-38-50)51(56)49-54(43-35-31-27-23-19-14-9-4)48-47-53(41-33-29-25-21-17-12-7-2)42-34-30-26-22-18-13-8-3/h50H,6-49H2,1-5H3. The maximum Gasteiger partial charge on any atom is 0.236 e. The number of likely N-dealkylation sites (tertiary alicyclic amines) is 1. The number of unbranched alkanes of at least 4 members (excludes halogenated alkanes) is 25. The van der Waals surface area contributed by atoms with Gasteiger partial charge in [-0.25, -0.2) is 0 Å². The molecule has 334 valence electrons. The van der Waals surface area contributed by atoms with Gasteiger partial charge in [0.25, 0.3) is 0 Å². The summed E-state index contributed by atoms with van der Waals surface area (Å²) in [5.41, 5.74) is 0. The van der Waals surface area contributed by atoms with Crippen LogP contribution in [-0.4, -0.2) is 97.5 Å². The van der Waals surface area contributed by atoms with Gasteiger partial charge in [0.15, 0.2) is 0 Å². The third kappa shape index (κ3) is 32.2. The lowest BCUT2D eigenvalue weighted by Gasteiger charge is -2.35. The smallest absolute Gasteiger partial charge is 0.236 e. The first-order chi connectivity index (χ1) is 27.6. The van der Waals surface area contributed by atoms with Crippen LogP contribution in [-0.2, 0) is 4.79 Å². The quantitative estimate of drug-likeness (QED) is 0.0576. The first-order valence-electron chi connectivity index (χ1n) is 26.0. The average molecular weight is 789 g/mol. The van der Waals surface area contributed by atoms with Gasteiger partial charge in [0.2, 0.25) is 5.91 Å². The molecule has 1 amide bonds. The van der Waals surface area contributed by atoms with Gasteiger partial charge in [-0.15, -0.1) is 0 Å². The van der Waals surface area contributed by atoms with E-state index in [-0.39, 0.29) is 0 Å². The van der Waals surface area contributed by atoms with E-state index in [2.05, 4.69) is 54.2 Å². The zero-order chi connectivity index (χ0) is 40.6. The Morgan fingerprint density at radius 3 is 1.07 bits per heavy atom. The van der Waals surface area contributed by atoms with Crippen LogP contribution in [0.15, 0.2) is 0 Å². The Bertz CT molecular complexity index is 781. The van der Waals surface area contributed by atoms with Crippen LogP contribution >= 0.6 is 0 Å². The third-order valence-electron chi connectivity index (χ3n) is 13.1. The molecule has 1 aliphatic rings. The Balaban J connectivity index is 2.66. The summed E-state index contributed by atoms with van der Waals surface area (Å²) in [6.45, 7) is 23.7. The minimum atomic E-state index is 0.403. The average Bonchev–Trinajstić information content (AvgIpc) is 3.21. The molecule has 1 heterocycles. The fourth-order valence-electron chi connectivity index (χ4n) is 8.90. The summed E-state index contributed by atoms with van der Waals surface area (Å²) in [5.74, 6) is 1.19. The molecule has 0 radical (unpaired) electrons. The number of carbonyl (C=O) groups excluding carboxylic acids is 1. The van der Waals surface area contributed by atoms with Crippen molar-refractivity contribution in [2.24, 2.45) is 5.92 Å². The van der Waals surface area contributed by atoms with Crippen molar-refractivity contribution in [1.29, 1.82) is 0 Å². The van der Waals surface area contributed by atoms with Gasteiger partial charge in [0.05, 0.1) is 6.54 Å². The summed E-state index contributed by atoms with van der Waals surface area (Å²) < 4.78 is 0. The lowest BCUT2D eigenvalue weighted by molar-refractivity contribution is -0.134. The highest BCUT2D eigenvalue weighted by Gasteiger charge is 2.25. The molecule has 1 saturated heterocycles. The van der Waals surface area contributed by atoms with E-state index in [1.54, 1.807) is 0 Å². The minimum absolute atomic E-state index is 0.403. The van der Waals surface area contributed by atoms with Crippen LogP contribution in [0.5, 0.6) is 0 Å². The number of nitrogens with zero attached hydrogens (tertiary/aromatic N) is 4. The fraction of sp³-hybridized carbons (Fsp3) is 0.980. The number of rotatable bonds is 43. The molecule has 1 rings (SSSR count). The van der Waals surface area contributed by atoms with Crippen molar-refractivity contribution in [3.63, 3.8) is 0 Å². The van der Waals surface area contributed by atoms with Gasteiger partial charge >= 0.3 is 0 Å². The highest BCUT2D eigenvalue weighted by Crippen LogP contribution is 2.22. The molecule has 0 N–H and O–H groups in total. The molecule has 0 aromatic rings. The van der Waals surface area contributed by atoms with E-state index < -0.39 is 0 Å². The molecule has 0 aromatic carbocycles. The second-order valence-corrected chi connectivity index (χ2v) is 18.4. The van der Waals surface area contributed by atoms with Crippen LogP contribution in [0.4, 0.5) is 0 Å². The molecule has 0 aromatic heterocycles. The lowest BCUT2D eigenvalue weighted by Crippen LogP contribution is -2.46. The number of hydrogen-bond donors (Lipinski definition) is 0. The zero-order valence-corrected chi connectivity index (χ0v) is 39.4. The number of amides is 1. The molecule has 0 spiro atoms. The number of hydrogen-bond acceptors (Lipinski definition) is 4. The van der Waals surface area contributed by atoms with Crippen LogP contribution < -0.4 is 0 Å². The van der Waals surface area contributed by atoms with E-state index in [4.69, 9.17) is 0 Å². The van der Waals surface area contributed by atoms with Crippen LogP contribution in [0.2, 0.25) is 0 Å². The first kappa shape index (κ1) is 53.4. The Labute approximate surface area is 353 Å². The van der Waals surface area contributed by atoms with E-state index in [9.17, 15) is 4.79 Å². The summed E-state index contributed by atoms with van der Waals surface area (Å²) in [6, 6.07) is 0. The SMILES string of the molecule is CCCCCCCCCN(CCCC)CCC1CCN(C(=O)CN(CCCCCCCCC)CCN(CCCCCCCCC)CCCCCCCCC)CC1. The van der Waals surface area contributed by atoms with E-state index in [0.29, 0.717) is 12.5 Å². The van der Waals surface area contributed by atoms with Crippen molar-refractivity contribution < 1.29 is 4.79 Å². The highest BCUT2D eigenvalue weighted by atomic mass is 16.2.